The molecule has 0 unspecified atom stereocenters. The molecule has 0 aromatic rings. The first-order chi connectivity index (χ1) is 4.79. The van der Waals surface area contributed by atoms with Gasteiger partial charge in [-0.3, -0.25) is 0 Å². The topological polar surface area (TPSA) is 0 Å². The van der Waals surface area contributed by atoms with Crippen LogP contribution in [0.5, 0.6) is 0 Å². The summed E-state index contributed by atoms with van der Waals surface area (Å²) in [4.78, 5) is 3.38. The van der Waals surface area contributed by atoms with E-state index < -0.39 is 14.1 Å². The van der Waals surface area contributed by atoms with Gasteiger partial charge >= 0.3 is 14.1 Å². The second kappa shape index (κ2) is 4.07. The molecule has 54 valence electrons. The third-order valence-corrected chi connectivity index (χ3v) is 2.68. The van der Waals surface area contributed by atoms with E-state index in [2.05, 4.69) is 22.3 Å². The monoisotopic (exact) mass is 150 g/mol. The molecule has 0 nitrogen and oxygen atoms in total. The summed E-state index contributed by atoms with van der Waals surface area (Å²) in [5.74, 6) is 8.75. The van der Waals surface area contributed by atoms with Crippen molar-refractivity contribution in [1.29, 1.82) is 0 Å². The Kier molecular flexibility index (Phi) is 3.34. The molecule has 0 aliphatic heterocycles. The Balaban J connectivity index is 2.31. The van der Waals surface area contributed by atoms with Crippen LogP contribution in [0.1, 0.15) is 25.7 Å². The summed E-state index contributed by atoms with van der Waals surface area (Å²) in [5, 5.41) is 0. The molecule has 0 amide bonds. The molecule has 0 atom stereocenters. The highest BCUT2D eigenvalue weighted by Crippen LogP contribution is 2.23. The van der Waals surface area contributed by atoms with Crippen LogP contribution < -0.4 is 0 Å². The maximum absolute atomic E-state index is 3.39. The zero-order valence-electron chi connectivity index (χ0n) is 6.98. The van der Waals surface area contributed by atoms with E-state index in [1.54, 1.807) is 0 Å². The minimum Gasteiger partial charge on any atom is -0.205 e. The zero-order chi connectivity index (χ0) is 7.40. The second-order valence-electron chi connectivity index (χ2n) is 3.42. The Morgan fingerprint density at radius 2 is 1.80 bits per heavy atom. The van der Waals surface area contributed by atoms with E-state index in [9.17, 15) is 0 Å². The van der Waals surface area contributed by atoms with Gasteiger partial charge in [0.2, 0.25) is 0 Å². The van der Waals surface area contributed by atoms with Gasteiger partial charge in [0.1, 0.15) is 0 Å². The summed E-state index contributed by atoms with van der Waals surface area (Å²) >= 11 is -0.588. The fourth-order valence-electron chi connectivity index (χ4n) is 1.35. The van der Waals surface area contributed by atoms with Crippen molar-refractivity contribution in [3.8, 4) is 10.7 Å². The van der Waals surface area contributed by atoms with Crippen molar-refractivity contribution in [2.75, 3.05) is 0 Å². The Morgan fingerprint density at radius 3 is 2.30 bits per heavy atom. The minimum absolute atomic E-state index is 0.588. The first kappa shape index (κ1) is 8.19. The van der Waals surface area contributed by atoms with Gasteiger partial charge < -0.3 is 0 Å². The van der Waals surface area contributed by atoms with Crippen LogP contribution in [0.4, 0.5) is 0 Å². The summed E-state index contributed by atoms with van der Waals surface area (Å²) in [6.07, 6.45) is 5.57. The Bertz CT molecular complexity index is 144. The number of rotatable bonds is 0. The van der Waals surface area contributed by atoms with Gasteiger partial charge in [0, 0.05) is 5.92 Å². The van der Waals surface area contributed by atoms with Crippen molar-refractivity contribution in [1.82, 2.24) is 0 Å². The van der Waals surface area contributed by atoms with Crippen LogP contribution >= 0.6 is 0 Å². The van der Waals surface area contributed by atoms with Crippen molar-refractivity contribution < 1.29 is 0 Å². The fraction of sp³-hybridized carbons (Fsp3) is 0.778. The smallest absolute Gasteiger partial charge is 0.205 e. The molecule has 1 aliphatic carbocycles. The summed E-state index contributed by atoms with van der Waals surface area (Å²) in [7, 11) is 0. The molecular formula is C9H15Al. The zero-order valence-corrected chi connectivity index (χ0v) is 8.14. The van der Waals surface area contributed by atoms with E-state index in [4.69, 9.17) is 0 Å². The van der Waals surface area contributed by atoms with Gasteiger partial charge in [-0.15, -0.1) is 5.92 Å². The van der Waals surface area contributed by atoms with E-state index in [-0.39, 0.29) is 0 Å². The average Bonchev–Trinajstić information content (AvgIpc) is 2.34. The summed E-state index contributed by atoms with van der Waals surface area (Å²) < 4.78 is 0. The number of hydrogen-bond acceptors (Lipinski definition) is 0. The van der Waals surface area contributed by atoms with Crippen LogP contribution in [0.25, 0.3) is 0 Å². The maximum Gasteiger partial charge on any atom is 0.369 e. The lowest BCUT2D eigenvalue weighted by atomic mass is 10.1. The normalized spacial score (nSPS) is 18.2. The van der Waals surface area contributed by atoms with E-state index in [1.807, 2.05) is 0 Å². The minimum atomic E-state index is -0.588. The molecule has 0 aromatic carbocycles. The standard InChI is InChI=1S/C7H9.2CH3.Al/c1-2-7-5-3-4-6-7;;;/h7H,3-6H2;2*1H3;. The number of hydrogen-bond donors (Lipinski definition) is 0. The lowest BCUT2D eigenvalue weighted by molar-refractivity contribution is 0.712. The third kappa shape index (κ3) is 2.78. The fourth-order valence-corrected chi connectivity index (χ4v) is 1.92. The van der Waals surface area contributed by atoms with Crippen molar-refractivity contribution in [2.24, 2.45) is 5.92 Å². The summed E-state index contributed by atoms with van der Waals surface area (Å²) in [6, 6.07) is 0. The molecule has 0 radical (unpaired) electrons. The van der Waals surface area contributed by atoms with Crippen LogP contribution in [0.15, 0.2) is 0 Å². The lowest BCUT2D eigenvalue weighted by Gasteiger charge is -1.94. The Labute approximate surface area is 68.4 Å². The molecule has 0 heterocycles. The van der Waals surface area contributed by atoms with Crippen LogP contribution in [0, 0.1) is 16.6 Å². The average molecular weight is 150 g/mol. The van der Waals surface area contributed by atoms with Crippen LogP contribution in [-0.4, -0.2) is 14.1 Å². The van der Waals surface area contributed by atoms with Crippen molar-refractivity contribution in [3.63, 3.8) is 0 Å². The molecule has 1 saturated carbocycles. The molecule has 1 fully saturated rings. The summed E-state index contributed by atoms with van der Waals surface area (Å²) in [6.45, 7) is 0. The maximum atomic E-state index is 3.39. The van der Waals surface area contributed by atoms with Crippen LogP contribution in [0.3, 0.4) is 0 Å². The van der Waals surface area contributed by atoms with Crippen LogP contribution in [0.2, 0.25) is 11.6 Å². The van der Waals surface area contributed by atoms with Crippen molar-refractivity contribution >= 4 is 14.1 Å². The second-order valence-corrected chi connectivity index (χ2v) is 6.02. The molecule has 0 spiro atoms. The predicted molar refractivity (Wildman–Crippen MR) is 47.2 cm³/mol. The van der Waals surface area contributed by atoms with Gasteiger partial charge in [0.25, 0.3) is 0 Å². The SMILES string of the molecule is [CH3][Al]([CH3])[C]#CC1CCCC1. The van der Waals surface area contributed by atoms with Crippen molar-refractivity contribution in [2.45, 2.75) is 37.3 Å². The van der Waals surface area contributed by atoms with Crippen LogP contribution in [-0.2, 0) is 0 Å². The van der Waals surface area contributed by atoms with Gasteiger partial charge in [0.15, 0.2) is 0 Å². The van der Waals surface area contributed by atoms with E-state index >= 15 is 0 Å². The molecule has 0 aromatic heterocycles. The molecule has 1 rings (SSSR count). The molecule has 0 saturated heterocycles. The molecule has 1 aliphatic rings. The Morgan fingerprint density at radius 1 is 1.20 bits per heavy atom. The van der Waals surface area contributed by atoms with E-state index in [0.29, 0.717) is 0 Å². The van der Waals surface area contributed by atoms with Gasteiger partial charge in [-0.2, -0.15) is 0 Å². The first-order valence-corrected chi connectivity index (χ1v) is 7.19. The molecular weight excluding hydrogens is 135 g/mol. The lowest BCUT2D eigenvalue weighted by Crippen LogP contribution is -1.96. The third-order valence-electron chi connectivity index (χ3n) is 1.93. The first-order valence-electron chi connectivity index (χ1n) is 4.30. The van der Waals surface area contributed by atoms with Gasteiger partial charge in [0.05, 0.1) is 0 Å². The highest BCUT2D eigenvalue weighted by atomic mass is 27.2. The molecule has 10 heavy (non-hydrogen) atoms. The predicted octanol–water partition coefficient (Wildman–Crippen LogP) is 2.47. The van der Waals surface area contributed by atoms with Gasteiger partial charge in [-0.25, -0.2) is 4.78 Å². The van der Waals surface area contributed by atoms with E-state index in [0.717, 1.165) is 5.92 Å². The molecule has 1 heteroatoms. The highest BCUT2D eigenvalue weighted by molar-refractivity contribution is 6.64. The molecule has 0 N–H and O–H groups in total. The Hall–Kier alpha value is 0.0925. The highest BCUT2D eigenvalue weighted by Gasteiger charge is 2.11. The van der Waals surface area contributed by atoms with Gasteiger partial charge in [-0.1, -0.05) is 24.4 Å². The summed E-state index contributed by atoms with van der Waals surface area (Å²) in [5.41, 5.74) is 0. The largest absolute Gasteiger partial charge is 0.369 e. The van der Waals surface area contributed by atoms with Gasteiger partial charge in [-0.05, 0) is 12.8 Å². The quantitative estimate of drug-likeness (QED) is 0.367. The van der Waals surface area contributed by atoms with E-state index in [1.165, 1.54) is 25.7 Å². The van der Waals surface area contributed by atoms with Crippen molar-refractivity contribution in [3.05, 3.63) is 0 Å². The molecule has 0 bridgehead atoms.